The van der Waals surface area contributed by atoms with Crippen LogP contribution in [0.1, 0.15) is 6.42 Å². The third-order valence-electron chi connectivity index (χ3n) is 3.17. The van der Waals surface area contributed by atoms with Gasteiger partial charge in [-0.15, -0.1) is 0 Å². The maximum absolute atomic E-state index is 11.5. The third-order valence-corrected chi connectivity index (χ3v) is 5.53. The Morgan fingerprint density at radius 2 is 2.10 bits per heavy atom. The molecular weight excluding hydrogens is 302 g/mol. The van der Waals surface area contributed by atoms with E-state index in [2.05, 4.69) is 9.71 Å². The molecule has 2 heterocycles. The Kier molecular flexibility index (Phi) is 3.92. The molecule has 1 N–H and O–H groups in total. The highest BCUT2D eigenvalue weighted by Gasteiger charge is 2.31. The van der Waals surface area contributed by atoms with Crippen molar-refractivity contribution in [3.8, 4) is 0 Å². The zero-order valence-electron chi connectivity index (χ0n) is 11.3. The zero-order valence-corrected chi connectivity index (χ0v) is 12.9. The first-order valence-electron chi connectivity index (χ1n) is 6.03. The van der Waals surface area contributed by atoms with Gasteiger partial charge in [-0.05, 0) is 18.6 Å². The largest absolute Gasteiger partial charge is 0.356 e. The van der Waals surface area contributed by atoms with Crippen LogP contribution in [0.25, 0.3) is 0 Å². The minimum Gasteiger partial charge on any atom is -0.356 e. The van der Waals surface area contributed by atoms with E-state index < -0.39 is 19.9 Å². The number of sulfone groups is 1. The highest BCUT2D eigenvalue weighted by atomic mass is 32.2. The van der Waals surface area contributed by atoms with Crippen LogP contribution in [0, 0.1) is 0 Å². The minimum absolute atomic E-state index is 0.0822. The molecule has 0 spiro atoms. The number of aromatic nitrogens is 1. The van der Waals surface area contributed by atoms with Crippen LogP contribution in [0.4, 0.5) is 11.5 Å². The molecule has 0 saturated carbocycles. The van der Waals surface area contributed by atoms with Crippen molar-refractivity contribution in [1.29, 1.82) is 0 Å². The van der Waals surface area contributed by atoms with Crippen molar-refractivity contribution in [1.82, 2.24) is 4.98 Å². The molecule has 0 bridgehead atoms. The van der Waals surface area contributed by atoms with Crippen LogP contribution in [0.5, 0.6) is 0 Å². The quantitative estimate of drug-likeness (QED) is 0.844. The van der Waals surface area contributed by atoms with E-state index in [0.29, 0.717) is 17.9 Å². The fourth-order valence-corrected chi connectivity index (χ4v) is 4.46. The molecule has 7 nitrogen and oxygen atoms in total. The van der Waals surface area contributed by atoms with Gasteiger partial charge in [0.2, 0.25) is 10.0 Å². The Bertz CT molecular complexity index is 683. The number of nitrogens with zero attached hydrogens (tertiary/aromatic N) is 2. The fraction of sp³-hybridized carbons (Fsp3) is 0.545. The van der Waals surface area contributed by atoms with Gasteiger partial charge in [-0.2, -0.15) is 0 Å². The van der Waals surface area contributed by atoms with Crippen molar-refractivity contribution in [2.75, 3.05) is 34.4 Å². The minimum atomic E-state index is -3.32. The lowest BCUT2D eigenvalue weighted by molar-refractivity contribution is 0.600. The summed E-state index contributed by atoms with van der Waals surface area (Å²) in [6.07, 6.45) is 3.07. The van der Waals surface area contributed by atoms with Crippen LogP contribution in [-0.4, -0.2) is 52.7 Å². The predicted octanol–water partition coefficient (Wildman–Crippen LogP) is 0.0764. The van der Waals surface area contributed by atoms with E-state index in [1.54, 1.807) is 19.2 Å². The van der Waals surface area contributed by atoms with Gasteiger partial charge in [0.25, 0.3) is 0 Å². The van der Waals surface area contributed by atoms with Crippen LogP contribution in [0.3, 0.4) is 0 Å². The monoisotopic (exact) mass is 319 g/mol. The Balaban J connectivity index is 2.10. The summed E-state index contributed by atoms with van der Waals surface area (Å²) in [5, 5.41) is 0. The molecule has 2 rings (SSSR count). The summed E-state index contributed by atoms with van der Waals surface area (Å²) in [5.74, 6) is 0.954. The van der Waals surface area contributed by atoms with Crippen LogP contribution >= 0.6 is 0 Å². The molecule has 0 radical (unpaired) electrons. The molecule has 1 fully saturated rings. The second-order valence-electron chi connectivity index (χ2n) is 4.95. The first-order valence-corrected chi connectivity index (χ1v) is 9.75. The summed E-state index contributed by atoms with van der Waals surface area (Å²) in [6.45, 7) is 0. The summed E-state index contributed by atoms with van der Waals surface area (Å²) in [7, 11) is -4.48. The molecule has 1 aliphatic heterocycles. The lowest BCUT2D eigenvalue weighted by Crippen LogP contribution is -2.33. The van der Waals surface area contributed by atoms with Gasteiger partial charge in [0.15, 0.2) is 9.84 Å². The van der Waals surface area contributed by atoms with Gasteiger partial charge >= 0.3 is 0 Å². The second-order valence-corrected chi connectivity index (χ2v) is 8.92. The molecule has 1 atom stereocenters. The summed E-state index contributed by atoms with van der Waals surface area (Å²) >= 11 is 0. The lowest BCUT2D eigenvalue weighted by atomic mass is 10.2. The number of nitrogens with one attached hydrogen (secondary N) is 1. The van der Waals surface area contributed by atoms with E-state index in [4.69, 9.17) is 0 Å². The maximum Gasteiger partial charge on any atom is 0.229 e. The van der Waals surface area contributed by atoms with E-state index in [-0.39, 0.29) is 17.5 Å². The Morgan fingerprint density at radius 3 is 2.55 bits per heavy atom. The standard InChI is InChI=1S/C11H17N3O4S2/c1-14(10-5-6-20(17,18)8-10)11-4-3-9(7-12-11)13-19(2,15)16/h3-4,7,10,13H,5-6,8H2,1-2H3. The molecule has 1 aromatic heterocycles. The second kappa shape index (κ2) is 5.21. The van der Waals surface area contributed by atoms with Crippen molar-refractivity contribution in [3.05, 3.63) is 18.3 Å². The SMILES string of the molecule is CN(c1ccc(NS(C)(=O)=O)cn1)C1CCS(=O)(=O)C1. The highest BCUT2D eigenvalue weighted by Crippen LogP contribution is 2.22. The maximum atomic E-state index is 11.5. The highest BCUT2D eigenvalue weighted by molar-refractivity contribution is 7.92. The molecule has 1 aliphatic rings. The third kappa shape index (κ3) is 3.83. The van der Waals surface area contributed by atoms with Crippen molar-refractivity contribution in [2.45, 2.75) is 12.5 Å². The molecule has 1 saturated heterocycles. The molecule has 1 unspecified atom stereocenters. The molecule has 20 heavy (non-hydrogen) atoms. The van der Waals surface area contributed by atoms with E-state index in [9.17, 15) is 16.8 Å². The predicted molar refractivity (Wildman–Crippen MR) is 78.2 cm³/mol. The van der Waals surface area contributed by atoms with Crippen molar-refractivity contribution in [3.63, 3.8) is 0 Å². The molecule has 112 valence electrons. The molecule has 9 heteroatoms. The summed E-state index contributed by atoms with van der Waals surface area (Å²) in [5.41, 5.74) is 0.378. The van der Waals surface area contributed by atoms with E-state index in [0.717, 1.165) is 6.26 Å². The number of hydrogen-bond acceptors (Lipinski definition) is 6. The first kappa shape index (κ1) is 15.0. The smallest absolute Gasteiger partial charge is 0.229 e. The number of rotatable bonds is 4. The van der Waals surface area contributed by atoms with E-state index in [1.807, 2.05) is 4.90 Å². The van der Waals surface area contributed by atoms with Crippen LogP contribution < -0.4 is 9.62 Å². The van der Waals surface area contributed by atoms with Gasteiger partial charge in [-0.1, -0.05) is 0 Å². The normalized spacial score (nSPS) is 21.6. The Morgan fingerprint density at radius 1 is 1.40 bits per heavy atom. The summed E-state index contributed by atoms with van der Waals surface area (Å²) < 4.78 is 47.4. The topological polar surface area (TPSA) is 96.4 Å². The van der Waals surface area contributed by atoms with Gasteiger partial charge < -0.3 is 4.90 Å². The van der Waals surface area contributed by atoms with Crippen LogP contribution in [0.2, 0.25) is 0 Å². The number of sulfonamides is 1. The first-order chi connectivity index (χ1) is 9.16. The molecular formula is C11H17N3O4S2. The van der Waals surface area contributed by atoms with E-state index in [1.165, 1.54) is 6.20 Å². The zero-order chi connectivity index (χ0) is 15.0. The van der Waals surface area contributed by atoms with Gasteiger partial charge in [0.05, 0.1) is 29.6 Å². The molecule has 1 aromatic rings. The number of hydrogen-bond donors (Lipinski definition) is 1. The average molecular weight is 319 g/mol. The number of anilines is 2. The summed E-state index contributed by atoms with van der Waals surface area (Å²) in [4.78, 5) is 5.97. The van der Waals surface area contributed by atoms with Crippen molar-refractivity contribution >= 4 is 31.4 Å². The molecule has 0 aliphatic carbocycles. The average Bonchev–Trinajstić information content (AvgIpc) is 2.68. The van der Waals surface area contributed by atoms with Crippen LogP contribution in [0.15, 0.2) is 18.3 Å². The van der Waals surface area contributed by atoms with Gasteiger partial charge in [-0.3, -0.25) is 4.72 Å². The van der Waals surface area contributed by atoms with E-state index >= 15 is 0 Å². The van der Waals surface area contributed by atoms with Gasteiger partial charge in [0.1, 0.15) is 5.82 Å². The van der Waals surface area contributed by atoms with Crippen molar-refractivity contribution in [2.24, 2.45) is 0 Å². The fourth-order valence-electron chi connectivity index (χ4n) is 2.14. The Hall–Kier alpha value is -1.35. The van der Waals surface area contributed by atoms with Gasteiger partial charge in [0, 0.05) is 13.1 Å². The lowest BCUT2D eigenvalue weighted by Gasteiger charge is -2.24. The number of pyridine rings is 1. The molecule has 0 aromatic carbocycles. The van der Waals surface area contributed by atoms with Crippen LogP contribution in [-0.2, 0) is 19.9 Å². The molecule has 0 amide bonds. The Labute approximate surface area is 119 Å². The van der Waals surface area contributed by atoms with Crippen molar-refractivity contribution < 1.29 is 16.8 Å². The van der Waals surface area contributed by atoms with Gasteiger partial charge in [-0.25, -0.2) is 21.8 Å². The summed E-state index contributed by atoms with van der Waals surface area (Å²) in [6, 6.07) is 3.18.